The van der Waals surface area contributed by atoms with E-state index in [2.05, 4.69) is 5.32 Å². The second-order valence-corrected chi connectivity index (χ2v) is 6.04. The molecule has 0 aromatic heterocycles. The molecule has 102 valence electrons. The highest BCUT2D eigenvalue weighted by atomic mass is 35.5. The highest BCUT2D eigenvalue weighted by Gasteiger charge is 2.31. The van der Waals surface area contributed by atoms with Crippen LogP contribution in [-0.2, 0) is 4.79 Å². The molecule has 19 heavy (non-hydrogen) atoms. The van der Waals surface area contributed by atoms with Crippen molar-refractivity contribution in [3.05, 3.63) is 29.8 Å². The Hall–Kier alpha value is -1.22. The van der Waals surface area contributed by atoms with Crippen LogP contribution in [0.2, 0.25) is 0 Å². The highest BCUT2D eigenvalue weighted by Crippen LogP contribution is 2.34. The molecule has 3 nitrogen and oxygen atoms in total. The third-order valence-corrected chi connectivity index (χ3v) is 4.46. The van der Waals surface area contributed by atoms with E-state index in [1.807, 2.05) is 24.3 Å². The first-order valence-corrected chi connectivity index (χ1v) is 7.31. The van der Waals surface area contributed by atoms with E-state index in [-0.39, 0.29) is 17.2 Å². The van der Waals surface area contributed by atoms with Crippen molar-refractivity contribution >= 4 is 17.5 Å². The molecule has 1 amide bonds. The zero-order valence-electron chi connectivity index (χ0n) is 10.8. The molecule has 1 N–H and O–H groups in total. The van der Waals surface area contributed by atoms with Crippen molar-refractivity contribution in [3.8, 4) is 5.75 Å². The van der Waals surface area contributed by atoms with Crippen molar-refractivity contribution < 1.29 is 9.53 Å². The Bertz CT molecular complexity index is 477. The number of alkyl halides is 1. The number of halogens is 1. The maximum absolute atomic E-state index is 12.2. The van der Waals surface area contributed by atoms with E-state index in [0.29, 0.717) is 12.5 Å². The molecule has 1 heterocycles. The molecule has 4 heteroatoms. The van der Waals surface area contributed by atoms with Gasteiger partial charge in [0.25, 0.3) is 0 Å². The molecule has 0 bridgehead atoms. The van der Waals surface area contributed by atoms with Crippen molar-refractivity contribution in [1.82, 2.24) is 5.32 Å². The lowest BCUT2D eigenvalue weighted by molar-refractivity contribution is -0.122. The maximum atomic E-state index is 12.2. The molecule has 1 aromatic rings. The summed E-state index contributed by atoms with van der Waals surface area (Å²) < 4.78 is 5.54. The fraction of sp³-hybridized carbons (Fsp3) is 0.533. The Kier molecular flexibility index (Phi) is 3.65. The van der Waals surface area contributed by atoms with Crippen LogP contribution >= 0.6 is 11.6 Å². The summed E-state index contributed by atoms with van der Waals surface area (Å²) in [7, 11) is 0. The van der Waals surface area contributed by atoms with Crippen molar-refractivity contribution in [2.24, 2.45) is 5.92 Å². The lowest BCUT2D eigenvalue weighted by Crippen LogP contribution is -2.33. The van der Waals surface area contributed by atoms with Crippen LogP contribution in [0.15, 0.2) is 24.3 Å². The molecule has 1 aliphatic carbocycles. The minimum absolute atomic E-state index is 0.0722. The number of rotatable bonds is 3. The van der Waals surface area contributed by atoms with Gasteiger partial charge in [0, 0.05) is 17.5 Å². The van der Waals surface area contributed by atoms with Crippen LogP contribution in [0.3, 0.4) is 0 Å². The lowest BCUT2D eigenvalue weighted by atomic mass is 10.00. The number of hydrogen-bond donors (Lipinski definition) is 1. The van der Waals surface area contributed by atoms with Crippen molar-refractivity contribution in [1.29, 1.82) is 0 Å². The molecule has 3 unspecified atom stereocenters. The Morgan fingerprint density at radius 2 is 2.21 bits per heavy atom. The number of amides is 1. The minimum atomic E-state index is -0.163. The third-order valence-electron chi connectivity index (χ3n) is 4.06. The minimum Gasteiger partial charge on any atom is -0.492 e. The molecule has 1 saturated carbocycles. The van der Waals surface area contributed by atoms with Crippen molar-refractivity contribution in [3.63, 3.8) is 0 Å². The van der Waals surface area contributed by atoms with Crippen LogP contribution in [0.4, 0.5) is 0 Å². The monoisotopic (exact) mass is 279 g/mol. The SMILES string of the molecule is O=C(NCC1CCC(Cl)C1)C1COc2ccccc21. The Balaban J connectivity index is 1.57. The predicted octanol–water partition coefficient (Wildman–Crippen LogP) is 2.69. The highest BCUT2D eigenvalue weighted by molar-refractivity contribution is 6.20. The van der Waals surface area contributed by atoms with E-state index in [0.717, 1.165) is 37.1 Å². The van der Waals surface area contributed by atoms with Gasteiger partial charge in [-0.25, -0.2) is 0 Å². The average Bonchev–Trinajstić information content (AvgIpc) is 3.02. The van der Waals surface area contributed by atoms with Crippen LogP contribution in [0.25, 0.3) is 0 Å². The summed E-state index contributed by atoms with van der Waals surface area (Å²) in [6.07, 6.45) is 3.20. The lowest BCUT2D eigenvalue weighted by Gasteiger charge is -2.13. The van der Waals surface area contributed by atoms with E-state index in [1.54, 1.807) is 0 Å². The summed E-state index contributed by atoms with van der Waals surface area (Å²) in [4.78, 5) is 12.2. The topological polar surface area (TPSA) is 38.3 Å². The second-order valence-electron chi connectivity index (χ2n) is 5.42. The Morgan fingerprint density at radius 1 is 1.37 bits per heavy atom. The smallest absolute Gasteiger partial charge is 0.231 e. The summed E-state index contributed by atoms with van der Waals surface area (Å²) in [5.74, 6) is 1.28. The number of nitrogens with one attached hydrogen (secondary N) is 1. The number of para-hydroxylation sites is 1. The molecular formula is C15H18ClNO2. The Labute approximate surface area is 118 Å². The predicted molar refractivity (Wildman–Crippen MR) is 74.7 cm³/mol. The quantitative estimate of drug-likeness (QED) is 0.864. The number of carbonyl (C=O) groups excluding carboxylic acids is 1. The summed E-state index contributed by atoms with van der Waals surface area (Å²) in [6, 6.07) is 7.76. The molecular weight excluding hydrogens is 262 g/mol. The zero-order chi connectivity index (χ0) is 13.2. The van der Waals surface area contributed by atoms with E-state index in [9.17, 15) is 4.79 Å². The van der Waals surface area contributed by atoms with Gasteiger partial charge in [0.2, 0.25) is 5.91 Å². The zero-order valence-corrected chi connectivity index (χ0v) is 11.5. The second kappa shape index (κ2) is 5.41. The fourth-order valence-electron chi connectivity index (χ4n) is 2.95. The van der Waals surface area contributed by atoms with Gasteiger partial charge in [-0.05, 0) is 31.2 Å². The van der Waals surface area contributed by atoms with Gasteiger partial charge in [0.15, 0.2) is 0 Å². The Morgan fingerprint density at radius 3 is 3.00 bits per heavy atom. The van der Waals surface area contributed by atoms with Crippen LogP contribution in [0.1, 0.15) is 30.7 Å². The third kappa shape index (κ3) is 2.71. The molecule has 1 aromatic carbocycles. The van der Waals surface area contributed by atoms with Gasteiger partial charge in [-0.3, -0.25) is 4.79 Å². The maximum Gasteiger partial charge on any atom is 0.231 e. The fourth-order valence-corrected chi connectivity index (χ4v) is 3.33. The normalized spacial score (nSPS) is 28.8. The first kappa shape index (κ1) is 12.8. The molecule has 0 radical (unpaired) electrons. The van der Waals surface area contributed by atoms with Gasteiger partial charge in [-0.2, -0.15) is 0 Å². The van der Waals surface area contributed by atoms with Crippen LogP contribution in [0.5, 0.6) is 5.75 Å². The van der Waals surface area contributed by atoms with Crippen LogP contribution in [-0.4, -0.2) is 24.4 Å². The van der Waals surface area contributed by atoms with Crippen molar-refractivity contribution in [2.75, 3.05) is 13.2 Å². The van der Waals surface area contributed by atoms with Gasteiger partial charge in [0.1, 0.15) is 18.3 Å². The molecule has 1 fully saturated rings. The van der Waals surface area contributed by atoms with E-state index < -0.39 is 0 Å². The standard InChI is InChI=1S/C15H18ClNO2/c16-11-6-5-10(7-11)8-17-15(18)13-9-19-14-4-2-1-3-12(13)14/h1-4,10-11,13H,5-9H2,(H,17,18). The number of hydrogen-bond acceptors (Lipinski definition) is 2. The molecule has 3 rings (SSSR count). The number of fused-ring (bicyclic) bond motifs is 1. The molecule has 3 atom stereocenters. The molecule has 0 saturated heterocycles. The summed E-state index contributed by atoms with van der Waals surface area (Å²) in [5, 5.41) is 3.34. The molecule has 1 aliphatic heterocycles. The van der Waals surface area contributed by atoms with Crippen LogP contribution in [0, 0.1) is 5.92 Å². The van der Waals surface area contributed by atoms with E-state index >= 15 is 0 Å². The van der Waals surface area contributed by atoms with Gasteiger partial charge < -0.3 is 10.1 Å². The molecule has 2 aliphatic rings. The largest absolute Gasteiger partial charge is 0.492 e. The van der Waals surface area contributed by atoms with E-state index in [1.165, 1.54) is 0 Å². The number of ether oxygens (including phenoxy) is 1. The van der Waals surface area contributed by atoms with Gasteiger partial charge >= 0.3 is 0 Å². The van der Waals surface area contributed by atoms with E-state index in [4.69, 9.17) is 16.3 Å². The summed E-state index contributed by atoms with van der Waals surface area (Å²) in [6.45, 7) is 1.19. The first-order valence-electron chi connectivity index (χ1n) is 6.87. The average molecular weight is 280 g/mol. The van der Waals surface area contributed by atoms with Crippen LogP contribution < -0.4 is 10.1 Å². The van der Waals surface area contributed by atoms with Gasteiger partial charge in [0.05, 0.1) is 0 Å². The summed E-state index contributed by atoms with van der Waals surface area (Å²) in [5.41, 5.74) is 1.00. The van der Waals surface area contributed by atoms with Gasteiger partial charge in [-0.1, -0.05) is 18.2 Å². The first-order chi connectivity index (χ1) is 9.24. The molecule has 0 spiro atoms. The van der Waals surface area contributed by atoms with Crippen molar-refractivity contribution in [2.45, 2.75) is 30.6 Å². The summed E-state index contributed by atoms with van der Waals surface area (Å²) >= 11 is 6.08. The number of benzene rings is 1. The number of carbonyl (C=O) groups is 1. The van der Waals surface area contributed by atoms with Gasteiger partial charge in [-0.15, -0.1) is 11.6 Å².